The van der Waals surface area contributed by atoms with Crippen LogP contribution in [-0.2, 0) is 14.3 Å². The van der Waals surface area contributed by atoms with E-state index in [1.807, 2.05) is 20.8 Å². The van der Waals surface area contributed by atoms with Crippen LogP contribution >= 0.6 is 0 Å². The number of likely N-dealkylation sites (tertiary alicyclic amines) is 1. The number of aliphatic hydroxyl groups is 1. The molecule has 1 aliphatic heterocycles. The zero-order valence-electron chi connectivity index (χ0n) is 21.7. The average Bonchev–Trinajstić information content (AvgIpc) is 3.07. The van der Waals surface area contributed by atoms with E-state index in [1.165, 1.54) is 18.1 Å². The van der Waals surface area contributed by atoms with Crippen molar-refractivity contribution in [3.63, 3.8) is 0 Å². The fourth-order valence-electron chi connectivity index (χ4n) is 4.09. The van der Waals surface area contributed by atoms with Crippen molar-refractivity contribution < 1.29 is 34.0 Å². The summed E-state index contributed by atoms with van der Waals surface area (Å²) in [5.41, 5.74) is 1.60. The summed E-state index contributed by atoms with van der Waals surface area (Å²) in [5, 5.41) is 21.7. The van der Waals surface area contributed by atoms with Gasteiger partial charge in [0.25, 0.3) is 11.7 Å². The fraction of sp³-hybridized carbons (Fsp3) is 0.429. The molecular formula is C28H35NO7. The second-order valence-corrected chi connectivity index (χ2v) is 9.53. The van der Waals surface area contributed by atoms with Gasteiger partial charge in [-0.05, 0) is 68.1 Å². The molecule has 1 fully saturated rings. The lowest BCUT2D eigenvalue weighted by atomic mass is 9.94. The molecule has 0 aromatic heterocycles. The molecule has 1 unspecified atom stereocenters. The molecule has 194 valence electrons. The number of phenolic OH excluding ortho intramolecular Hbond substituents is 1. The number of benzene rings is 2. The zero-order valence-corrected chi connectivity index (χ0v) is 21.7. The summed E-state index contributed by atoms with van der Waals surface area (Å²) in [6.07, 6.45) is -0.0512. The minimum absolute atomic E-state index is 0.0512. The Bertz CT molecular complexity index is 1150. The first-order valence-corrected chi connectivity index (χ1v) is 12.1. The quantitative estimate of drug-likeness (QED) is 0.281. The first-order chi connectivity index (χ1) is 17.0. The van der Waals surface area contributed by atoms with Crippen LogP contribution in [0.3, 0.4) is 0 Å². The highest BCUT2D eigenvalue weighted by atomic mass is 16.5. The largest absolute Gasteiger partial charge is 0.507 e. The van der Waals surface area contributed by atoms with Crippen molar-refractivity contribution in [1.82, 2.24) is 4.90 Å². The van der Waals surface area contributed by atoms with Gasteiger partial charge in [0.15, 0.2) is 11.5 Å². The second kappa shape index (κ2) is 11.5. The van der Waals surface area contributed by atoms with Crippen LogP contribution in [0.5, 0.6) is 17.2 Å². The predicted octanol–water partition coefficient (Wildman–Crippen LogP) is 4.59. The Morgan fingerprint density at radius 2 is 1.75 bits per heavy atom. The van der Waals surface area contributed by atoms with Crippen molar-refractivity contribution in [2.75, 3.05) is 26.9 Å². The number of phenols is 1. The van der Waals surface area contributed by atoms with Crippen LogP contribution in [0, 0.1) is 12.8 Å². The van der Waals surface area contributed by atoms with E-state index in [0.29, 0.717) is 29.4 Å². The first kappa shape index (κ1) is 27.1. The Balaban J connectivity index is 2.08. The van der Waals surface area contributed by atoms with E-state index >= 15 is 0 Å². The summed E-state index contributed by atoms with van der Waals surface area (Å²) in [4.78, 5) is 27.6. The van der Waals surface area contributed by atoms with Gasteiger partial charge in [0, 0.05) is 12.1 Å². The van der Waals surface area contributed by atoms with Crippen LogP contribution in [0.15, 0.2) is 42.0 Å². The van der Waals surface area contributed by atoms with Gasteiger partial charge in [0.1, 0.15) is 11.5 Å². The SMILES string of the molecule is COc1ccc(C2/C(=C(/O)c3ccc(OCC(C)C)c(C)c3)C(=O)C(=O)N2CCOC(C)C)cc1O. The van der Waals surface area contributed by atoms with E-state index < -0.39 is 17.7 Å². The Hall–Kier alpha value is -3.52. The van der Waals surface area contributed by atoms with Crippen molar-refractivity contribution in [2.45, 2.75) is 46.8 Å². The Morgan fingerprint density at radius 3 is 2.33 bits per heavy atom. The molecule has 8 nitrogen and oxygen atoms in total. The molecule has 1 amide bonds. The first-order valence-electron chi connectivity index (χ1n) is 12.1. The predicted molar refractivity (Wildman–Crippen MR) is 136 cm³/mol. The number of ketones is 1. The van der Waals surface area contributed by atoms with Gasteiger partial charge in [-0.15, -0.1) is 0 Å². The van der Waals surface area contributed by atoms with Crippen molar-refractivity contribution in [3.05, 3.63) is 58.7 Å². The highest BCUT2D eigenvalue weighted by molar-refractivity contribution is 6.46. The third-order valence-electron chi connectivity index (χ3n) is 5.86. The van der Waals surface area contributed by atoms with Crippen molar-refractivity contribution in [2.24, 2.45) is 5.92 Å². The summed E-state index contributed by atoms with van der Waals surface area (Å²) >= 11 is 0. The normalized spacial score (nSPS) is 17.3. The molecule has 36 heavy (non-hydrogen) atoms. The van der Waals surface area contributed by atoms with Crippen LogP contribution in [0.4, 0.5) is 0 Å². The zero-order chi connectivity index (χ0) is 26.6. The smallest absolute Gasteiger partial charge is 0.295 e. The van der Waals surface area contributed by atoms with Gasteiger partial charge in [0.2, 0.25) is 0 Å². The van der Waals surface area contributed by atoms with Gasteiger partial charge in [-0.1, -0.05) is 19.9 Å². The molecule has 0 bridgehead atoms. The number of ether oxygens (including phenoxy) is 3. The van der Waals surface area contributed by atoms with Gasteiger partial charge in [0.05, 0.1) is 38.0 Å². The highest BCUT2D eigenvalue weighted by Crippen LogP contribution is 2.42. The Labute approximate surface area is 212 Å². The van der Waals surface area contributed by atoms with E-state index in [4.69, 9.17) is 14.2 Å². The number of aromatic hydroxyl groups is 1. The summed E-state index contributed by atoms with van der Waals surface area (Å²) in [6, 6.07) is 8.88. The molecule has 2 aromatic rings. The van der Waals surface area contributed by atoms with Gasteiger partial charge in [-0.25, -0.2) is 0 Å². The summed E-state index contributed by atoms with van der Waals surface area (Å²) in [5.74, 6) is -0.669. The van der Waals surface area contributed by atoms with Gasteiger partial charge in [-0.2, -0.15) is 0 Å². The fourth-order valence-corrected chi connectivity index (χ4v) is 4.09. The molecule has 0 spiro atoms. The van der Waals surface area contributed by atoms with E-state index in [2.05, 4.69) is 13.8 Å². The van der Waals surface area contributed by atoms with Crippen LogP contribution in [0.25, 0.3) is 5.76 Å². The molecule has 1 atom stereocenters. The molecule has 2 N–H and O–H groups in total. The lowest BCUT2D eigenvalue weighted by Crippen LogP contribution is -2.33. The average molecular weight is 498 g/mol. The van der Waals surface area contributed by atoms with Crippen molar-refractivity contribution in [1.29, 1.82) is 0 Å². The number of amides is 1. The third kappa shape index (κ3) is 5.82. The molecule has 2 aromatic carbocycles. The van der Waals surface area contributed by atoms with Crippen molar-refractivity contribution >= 4 is 17.4 Å². The maximum atomic E-state index is 13.2. The summed E-state index contributed by atoms with van der Waals surface area (Å²) in [7, 11) is 1.43. The minimum Gasteiger partial charge on any atom is -0.507 e. The van der Waals surface area contributed by atoms with Gasteiger partial charge < -0.3 is 29.3 Å². The monoisotopic (exact) mass is 497 g/mol. The summed E-state index contributed by atoms with van der Waals surface area (Å²) in [6.45, 7) is 10.6. The number of nitrogens with zero attached hydrogens (tertiary/aromatic N) is 1. The molecule has 3 rings (SSSR count). The van der Waals surface area contributed by atoms with Crippen LogP contribution < -0.4 is 9.47 Å². The molecular weight excluding hydrogens is 462 g/mol. The summed E-state index contributed by atoms with van der Waals surface area (Å²) < 4.78 is 16.6. The molecule has 8 heteroatoms. The number of Topliss-reactive ketones (excluding diaryl/α,β-unsaturated/α-hetero) is 1. The molecule has 0 aliphatic carbocycles. The number of aliphatic hydroxyl groups excluding tert-OH is 1. The highest BCUT2D eigenvalue weighted by Gasteiger charge is 2.46. The number of methoxy groups -OCH3 is 1. The van der Waals surface area contributed by atoms with Crippen molar-refractivity contribution in [3.8, 4) is 17.2 Å². The number of hydrogen-bond acceptors (Lipinski definition) is 7. The topological polar surface area (TPSA) is 106 Å². The maximum Gasteiger partial charge on any atom is 0.295 e. The molecule has 0 saturated carbocycles. The number of aryl methyl sites for hydroxylation is 1. The lowest BCUT2D eigenvalue weighted by molar-refractivity contribution is -0.140. The van der Waals surface area contributed by atoms with E-state index in [0.717, 1.165) is 5.56 Å². The number of carbonyl (C=O) groups is 2. The minimum atomic E-state index is -0.908. The third-order valence-corrected chi connectivity index (χ3v) is 5.86. The number of rotatable bonds is 10. The van der Waals surface area contributed by atoms with E-state index in [1.54, 1.807) is 30.3 Å². The van der Waals surface area contributed by atoms with E-state index in [-0.39, 0.29) is 42.1 Å². The molecule has 0 radical (unpaired) electrons. The van der Waals surface area contributed by atoms with Gasteiger partial charge >= 0.3 is 0 Å². The number of carbonyl (C=O) groups excluding carboxylic acids is 2. The Kier molecular flexibility index (Phi) is 8.63. The van der Waals surface area contributed by atoms with E-state index in [9.17, 15) is 19.8 Å². The number of hydrogen-bond donors (Lipinski definition) is 2. The maximum absolute atomic E-state index is 13.2. The molecule has 1 heterocycles. The van der Waals surface area contributed by atoms with Crippen LogP contribution in [0.2, 0.25) is 0 Å². The standard InChI is InChI=1S/C28H35NO7/c1-16(2)15-36-22-9-8-20(13-18(22)5)26(31)24-25(19-7-10-23(34-6)21(30)14-19)29(28(33)27(24)32)11-12-35-17(3)4/h7-10,13-14,16-17,25,30-31H,11-12,15H2,1-6H3/b26-24-. The van der Waals surface area contributed by atoms with Crippen LogP contribution in [0.1, 0.15) is 50.4 Å². The molecule has 1 aliphatic rings. The lowest BCUT2D eigenvalue weighted by Gasteiger charge is -2.26. The molecule has 1 saturated heterocycles. The second-order valence-electron chi connectivity index (χ2n) is 9.53. The van der Waals surface area contributed by atoms with Crippen LogP contribution in [-0.4, -0.2) is 59.8 Å². The van der Waals surface area contributed by atoms with Gasteiger partial charge in [-0.3, -0.25) is 9.59 Å². The Morgan fingerprint density at radius 1 is 1.06 bits per heavy atom.